The molecule has 0 unspecified atom stereocenters. The number of benzene rings is 3. The first kappa shape index (κ1) is 22.0. The maximum atomic E-state index is 13.7. The molecule has 0 aliphatic heterocycles. The lowest BCUT2D eigenvalue weighted by atomic mass is 10.2. The molecule has 0 N–H and O–H groups in total. The lowest BCUT2D eigenvalue weighted by Gasteiger charge is -2.13. The molecule has 2 aromatic heterocycles. The van der Waals surface area contributed by atoms with Crippen LogP contribution >= 0.6 is 50.2 Å². The van der Waals surface area contributed by atoms with Gasteiger partial charge in [-0.2, -0.15) is 10.1 Å². The molecule has 0 radical (unpaired) electrons. The van der Waals surface area contributed by atoms with Crippen molar-refractivity contribution in [3.8, 4) is 5.75 Å². The van der Waals surface area contributed by atoms with Gasteiger partial charge in [0.15, 0.2) is 0 Å². The van der Waals surface area contributed by atoms with E-state index < -0.39 is 0 Å². The largest absolute Gasteiger partial charge is 0.497 e. The first-order valence-corrected chi connectivity index (χ1v) is 12.6. The summed E-state index contributed by atoms with van der Waals surface area (Å²) in [6, 6.07) is 20.9. The zero-order valence-electron chi connectivity index (χ0n) is 17.2. The molecule has 9 heteroatoms. The van der Waals surface area contributed by atoms with E-state index >= 15 is 0 Å². The minimum absolute atomic E-state index is 0.333. The zero-order valence-corrected chi connectivity index (χ0v) is 21.1. The first-order chi connectivity index (χ1) is 16.0. The Kier molecular flexibility index (Phi) is 6.16. The third-order valence-corrected chi connectivity index (χ3v) is 8.07. The second-order valence-corrected chi connectivity index (χ2v) is 10.3. The lowest BCUT2D eigenvalue weighted by molar-refractivity contribution is 0.0992. The summed E-state index contributed by atoms with van der Waals surface area (Å²) in [5.41, 5.74) is 1.61. The third kappa shape index (κ3) is 4.39. The van der Waals surface area contributed by atoms with Crippen molar-refractivity contribution in [2.75, 3.05) is 12.1 Å². The van der Waals surface area contributed by atoms with E-state index in [2.05, 4.69) is 26.0 Å². The average molecular weight is 557 g/mol. The normalized spacial score (nSPS) is 11.5. The SMILES string of the molecule is COc1ccc2nc(N(/N=C/c3ccc(Br)cc3)C(=O)c3sc4ccccc4c3Cl)sc2c1. The highest BCUT2D eigenvalue weighted by Gasteiger charge is 2.26. The molecule has 0 atom stereocenters. The number of hydrogen-bond donors (Lipinski definition) is 0. The van der Waals surface area contributed by atoms with E-state index in [0.717, 1.165) is 36.1 Å². The van der Waals surface area contributed by atoms with Gasteiger partial charge in [0.1, 0.15) is 10.6 Å². The van der Waals surface area contributed by atoms with Crippen molar-refractivity contribution in [3.63, 3.8) is 0 Å². The molecule has 5 rings (SSSR count). The number of methoxy groups -OCH3 is 1. The molecule has 0 fully saturated rings. The Bertz CT molecular complexity index is 1510. The van der Waals surface area contributed by atoms with Crippen LogP contribution in [0, 0.1) is 0 Å². The Morgan fingerprint density at radius 1 is 1.09 bits per heavy atom. The van der Waals surface area contributed by atoms with Crippen LogP contribution in [0.1, 0.15) is 15.2 Å². The van der Waals surface area contributed by atoms with Crippen molar-refractivity contribution in [2.45, 2.75) is 0 Å². The number of amides is 1. The van der Waals surface area contributed by atoms with Crippen LogP contribution in [0.3, 0.4) is 0 Å². The Morgan fingerprint density at radius 3 is 2.64 bits per heavy atom. The fourth-order valence-corrected chi connectivity index (χ4v) is 5.87. The van der Waals surface area contributed by atoms with Crippen molar-refractivity contribution in [1.29, 1.82) is 0 Å². The highest BCUT2D eigenvalue weighted by Crippen LogP contribution is 2.38. The number of halogens is 2. The number of hydrazone groups is 1. The van der Waals surface area contributed by atoms with Crippen molar-refractivity contribution in [2.24, 2.45) is 5.10 Å². The van der Waals surface area contributed by atoms with E-state index in [0.29, 0.717) is 15.0 Å². The summed E-state index contributed by atoms with van der Waals surface area (Å²) in [7, 11) is 1.62. The van der Waals surface area contributed by atoms with Gasteiger partial charge in [0.25, 0.3) is 5.91 Å². The summed E-state index contributed by atoms with van der Waals surface area (Å²) in [5.74, 6) is 0.391. The van der Waals surface area contributed by atoms with E-state index in [9.17, 15) is 4.79 Å². The molecular formula is C24H15BrClN3O2S2. The smallest absolute Gasteiger partial charge is 0.292 e. The molecule has 0 spiro atoms. The second kappa shape index (κ2) is 9.23. The quantitative estimate of drug-likeness (QED) is 0.165. The maximum absolute atomic E-state index is 13.7. The number of carbonyl (C=O) groups is 1. The number of thiophene rings is 1. The number of hydrogen-bond acceptors (Lipinski definition) is 6. The van der Waals surface area contributed by atoms with Gasteiger partial charge in [-0.1, -0.05) is 69.2 Å². The summed E-state index contributed by atoms with van der Waals surface area (Å²) >= 11 is 12.7. The monoisotopic (exact) mass is 555 g/mol. The van der Waals surface area contributed by atoms with Crippen LogP contribution in [0.4, 0.5) is 5.13 Å². The summed E-state index contributed by atoms with van der Waals surface area (Å²) in [5, 5.41) is 7.56. The van der Waals surface area contributed by atoms with Crippen LogP contribution in [0.25, 0.3) is 20.3 Å². The molecule has 3 aromatic carbocycles. The summed E-state index contributed by atoms with van der Waals surface area (Å²) in [4.78, 5) is 18.8. The number of ether oxygens (including phenoxy) is 1. The number of anilines is 1. The zero-order chi connectivity index (χ0) is 22.9. The Hall–Kier alpha value is -2.78. The summed E-state index contributed by atoms with van der Waals surface area (Å²) in [6.07, 6.45) is 1.64. The lowest BCUT2D eigenvalue weighted by Crippen LogP contribution is -2.25. The van der Waals surface area contributed by atoms with Gasteiger partial charge in [0.05, 0.1) is 28.6 Å². The number of thiazole rings is 1. The summed E-state index contributed by atoms with van der Waals surface area (Å²) in [6.45, 7) is 0. The number of fused-ring (bicyclic) bond motifs is 2. The number of rotatable bonds is 5. The van der Waals surface area contributed by atoms with Crippen molar-refractivity contribution in [3.05, 3.63) is 86.7 Å². The van der Waals surface area contributed by atoms with Crippen LogP contribution in [0.5, 0.6) is 5.75 Å². The molecule has 1 amide bonds. The molecule has 2 heterocycles. The van der Waals surface area contributed by atoms with Gasteiger partial charge in [-0.15, -0.1) is 11.3 Å². The van der Waals surface area contributed by atoms with Crippen molar-refractivity contribution < 1.29 is 9.53 Å². The van der Waals surface area contributed by atoms with E-state index in [1.54, 1.807) is 13.3 Å². The van der Waals surface area contributed by atoms with Gasteiger partial charge in [0, 0.05) is 14.6 Å². The Balaban J connectivity index is 1.60. The van der Waals surface area contributed by atoms with Gasteiger partial charge in [-0.25, -0.2) is 4.98 Å². The van der Waals surface area contributed by atoms with E-state index in [1.807, 2.05) is 66.7 Å². The molecule has 0 aliphatic carbocycles. The third-order valence-electron chi connectivity index (χ3n) is 4.88. The van der Waals surface area contributed by atoms with Crippen LogP contribution in [-0.2, 0) is 0 Å². The van der Waals surface area contributed by atoms with Gasteiger partial charge >= 0.3 is 0 Å². The molecule has 5 nitrogen and oxygen atoms in total. The molecular weight excluding hydrogens is 542 g/mol. The van der Waals surface area contributed by atoms with E-state index in [1.165, 1.54) is 27.7 Å². The fraction of sp³-hybridized carbons (Fsp3) is 0.0417. The van der Waals surface area contributed by atoms with Crippen molar-refractivity contribution in [1.82, 2.24) is 4.98 Å². The molecule has 33 heavy (non-hydrogen) atoms. The standard InChI is InChI=1S/C24H15BrClN3O2S2/c1-31-16-10-11-18-20(12-16)33-24(28-18)29(27-13-14-6-8-15(25)9-7-14)23(30)22-21(26)17-4-2-3-5-19(17)32-22/h2-13H,1H3/b27-13+. The highest BCUT2D eigenvalue weighted by atomic mass is 79.9. The van der Waals surface area contributed by atoms with E-state index in [4.69, 9.17) is 16.3 Å². The topological polar surface area (TPSA) is 54.8 Å². The molecule has 0 bridgehead atoms. The molecule has 5 aromatic rings. The van der Waals surface area contributed by atoms with Crippen LogP contribution in [0.15, 0.2) is 76.3 Å². The minimum atomic E-state index is -0.333. The van der Waals surface area contributed by atoms with Crippen LogP contribution < -0.4 is 9.75 Å². The van der Waals surface area contributed by atoms with Gasteiger partial charge in [-0.05, 0) is 42.0 Å². The molecule has 0 saturated carbocycles. The Labute approximate surface area is 211 Å². The van der Waals surface area contributed by atoms with Gasteiger partial charge in [0.2, 0.25) is 5.13 Å². The number of carbonyl (C=O) groups excluding carboxylic acids is 1. The van der Waals surface area contributed by atoms with Crippen molar-refractivity contribution >= 4 is 87.8 Å². The van der Waals surface area contributed by atoms with Crippen LogP contribution in [0.2, 0.25) is 5.02 Å². The van der Waals surface area contributed by atoms with E-state index in [-0.39, 0.29) is 5.91 Å². The molecule has 0 aliphatic rings. The van der Waals surface area contributed by atoms with Gasteiger partial charge in [-0.3, -0.25) is 4.79 Å². The summed E-state index contributed by atoms with van der Waals surface area (Å²) < 4.78 is 8.12. The van der Waals surface area contributed by atoms with Gasteiger partial charge < -0.3 is 4.74 Å². The second-order valence-electron chi connectivity index (χ2n) is 6.98. The Morgan fingerprint density at radius 2 is 1.88 bits per heavy atom. The molecule has 164 valence electrons. The minimum Gasteiger partial charge on any atom is -0.497 e. The maximum Gasteiger partial charge on any atom is 0.292 e. The average Bonchev–Trinajstić information content (AvgIpc) is 3.41. The fourth-order valence-electron chi connectivity index (χ4n) is 3.22. The number of aromatic nitrogens is 1. The molecule has 0 saturated heterocycles. The predicted octanol–water partition coefficient (Wildman–Crippen LogP) is 7.62. The predicted molar refractivity (Wildman–Crippen MR) is 142 cm³/mol. The van der Waals surface area contributed by atoms with Crippen LogP contribution in [-0.4, -0.2) is 24.2 Å². The number of nitrogens with zero attached hydrogens (tertiary/aromatic N) is 3. The highest BCUT2D eigenvalue weighted by molar-refractivity contribution is 9.10. The first-order valence-electron chi connectivity index (χ1n) is 9.79.